The summed E-state index contributed by atoms with van der Waals surface area (Å²) in [6.45, 7) is 2.90. The number of nitrogens with zero attached hydrogens (tertiary/aromatic N) is 3. The van der Waals surface area contributed by atoms with E-state index in [1.54, 1.807) is 7.11 Å². The molecule has 4 rings (SSSR count). The molecule has 1 aliphatic heterocycles. The molecule has 2 aromatic carbocycles. The molecule has 0 aliphatic carbocycles. The molecular weight excluding hydrogens is 430 g/mol. The predicted molar refractivity (Wildman–Crippen MR) is 117 cm³/mol. The minimum Gasteiger partial charge on any atom is -0.497 e. The molecule has 0 saturated carbocycles. The predicted octanol–water partition coefficient (Wildman–Crippen LogP) is 5.35. The first-order valence-electron chi connectivity index (χ1n) is 10.1. The Kier molecular flexibility index (Phi) is 6.62. The number of hydrogen-bond donors (Lipinski definition) is 0. The maximum absolute atomic E-state index is 5.88. The van der Waals surface area contributed by atoms with Crippen molar-refractivity contribution in [3.63, 3.8) is 0 Å². The van der Waals surface area contributed by atoms with E-state index in [1.807, 2.05) is 36.4 Å². The lowest BCUT2D eigenvalue weighted by Crippen LogP contribution is -2.33. The van der Waals surface area contributed by atoms with Gasteiger partial charge < -0.3 is 9.15 Å². The molecule has 0 bridgehead atoms. The summed E-state index contributed by atoms with van der Waals surface area (Å²) in [5.74, 6) is 2.98. The van der Waals surface area contributed by atoms with Crippen LogP contribution in [0.1, 0.15) is 30.7 Å². The number of methoxy groups -OCH3 is 1. The lowest BCUT2D eigenvalue weighted by Gasteiger charge is -2.31. The van der Waals surface area contributed by atoms with Crippen LogP contribution in [0.5, 0.6) is 5.75 Å². The summed E-state index contributed by atoms with van der Waals surface area (Å²) in [7, 11) is 1.71. The second-order valence-corrected chi connectivity index (χ2v) is 8.53. The van der Waals surface area contributed by atoms with Crippen LogP contribution < -0.4 is 4.74 Å². The first-order chi connectivity index (χ1) is 14.2. The molecule has 1 aliphatic rings. The summed E-state index contributed by atoms with van der Waals surface area (Å²) in [5, 5.41) is 8.45. The quantitative estimate of drug-likeness (QED) is 0.480. The fraction of sp³-hybridized carbons (Fsp3) is 0.391. The molecular formula is C23H26BrN3O2. The van der Waals surface area contributed by atoms with Crippen molar-refractivity contribution in [3.8, 4) is 17.2 Å². The van der Waals surface area contributed by atoms with Crippen molar-refractivity contribution >= 4 is 15.9 Å². The van der Waals surface area contributed by atoms with E-state index in [0.29, 0.717) is 11.8 Å². The highest BCUT2D eigenvalue weighted by Crippen LogP contribution is 2.25. The normalized spacial score (nSPS) is 15.5. The van der Waals surface area contributed by atoms with Gasteiger partial charge in [-0.2, -0.15) is 0 Å². The second kappa shape index (κ2) is 9.55. The molecule has 0 N–H and O–H groups in total. The molecule has 152 valence electrons. The SMILES string of the molecule is COc1ccc(CCC2CCN(Cc3nnc(-c4cccc(Br)c4)o3)CC2)cc1. The van der Waals surface area contributed by atoms with Crippen LogP contribution in [0, 0.1) is 5.92 Å². The number of benzene rings is 2. The van der Waals surface area contributed by atoms with Gasteiger partial charge in [0.2, 0.25) is 11.8 Å². The zero-order valence-corrected chi connectivity index (χ0v) is 18.3. The molecule has 6 heteroatoms. The number of ether oxygens (including phenoxy) is 1. The van der Waals surface area contributed by atoms with Crippen molar-refractivity contribution in [3.05, 3.63) is 64.5 Å². The monoisotopic (exact) mass is 455 g/mol. The van der Waals surface area contributed by atoms with Gasteiger partial charge in [-0.3, -0.25) is 4.90 Å². The van der Waals surface area contributed by atoms with Gasteiger partial charge in [-0.05, 0) is 80.6 Å². The van der Waals surface area contributed by atoms with E-state index in [4.69, 9.17) is 9.15 Å². The molecule has 0 spiro atoms. The molecule has 0 atom stereocenters. The third kappa shape index (κ3) is 5.46. The van der Waals surface area contributed by atoms with E-state index < -0.39 is 0 Å². The van der Waals surface area contributed by atoms with Crippen LogP contribution in [0.4, 0.5) is 0 Å². The Hall–Kier alpha value is -2.18. The largest absolute Gasteiger partial charge is 0.497 e. The van der Waals surface area contributed by atoms with Crippen molar-refractivity contribution in [2.45, 2.75) is 32.2 Å². The van der Waals surface area contributed by atoms with Crippen LogP contribution in [-0.4, -0.2) is 35.3 Å². The summed E-state index contributed by atoms with van der Waals surface area (Å²) in [5.41, 5.74) is 2.33. The van der Waals surface area contributed by atoms with Gasteiger partial charge in [0, 0.05) is 10.0 Å². The molecule has 5 nitrogen and oxygen atoms in total. The fourth-order valence-electron chi connectivity index (χ4n) is 3.84. The zero-order chi connectivity index (χ0) is 20.1. The molecule has 1 aromatic heterocycles. The van der Waals surface area contributed by atoms with Gasteiger partial charge in [0.15, 0.2) is 0 Å². The Morgan fingerprint density at radius 1 is 1.10 bits per heavy atom. The Bertz CT molecular complexity index is 918. The zero-order valence-electron chi connectivity index (χ0n) is 16.7. The number of aromatic nitrogens is 2. The highest BCUT2D eigenvalue weighted by Gasteiger charge is 2.21. The maximum Gasteiger partial charge on any atom is 0.247 e. The minimum atomic E-state index is 0.579. The molecule has 0 radical (unpaired) electrons. The van der Waals surface area contributed by atoms with Gasteiger partial charge in [0.1, 0.15) is 5.75 Å². The molecule has 1 saturated heterocycles. The van der Waals surface area contributed by atoms with Gasteiger partial charge in [0.05, 0.1) is 13.7 Å². The molecule has 1 fully saturated rings. The lowest BCUT2D eigenvalue weighted by molar-refractivity contribution is 0.160. The average Bonchev–Trinajstić information content (AvgIpc) is 3.22. The van der Waals surface area contributed by atoms with Crippen molar-refractivity contribution < 1.29 is 9.15 Å². The van der Waals surface area contributed by atoms with Crippen LogP contribution in [0.15, 0.2) is 57.4 Å². The van der Waals surface area contributed by atoms with Gasteiger partial charge in [0.25, 0.3) is 0 Å². The Morgan fingerprint density at radius 3 is 2.62 bits per heavy atom. The number of aryl methyl sites for hydroxylation is 1. The highest BCUT2D eigenvalue weighted by atomic mass is 79.9. The number of likely N-dealkylation sites (tertiary alicyclic amines) is 1. The van der Waals surface area contributed by atoms with Gasteiger partial charge >= 0.3 is 0 Å². The number of halogens is 1. The van der Waals surface area contributed by atoms with E-state index >= 15 is 0 Å². The maximum atomic E-state index is 5.88. The molecule has 0 amide bonds. The van der Waals surface area contributed by atoms with E-state index in [2.05, 4.69) is 43.2 Å². The topological polar surface area (TPSA) is 51.4 Å². The lowest BCUT2D eigenvalue weighted by atomic mass is 9.90. The smallest absolute Gasteiger partial charge is 0.247 e. The van der Waals surface area contributed by atoms with Crippen molar-refractivity contribution in [1.29, 1.82) is 0 Å². The van der Waals surface area contributed by atoms with Gasteiger partial charge in [-0.1, -0.05) is 34.1 Å². The number of rotatable bonds is 7. The third-order valence-electron chi connectivity index (χ3n) is 5.60. The summed E-state index contributed by atoms with van der Waals surface area (Å²) in [6.07, 6.45) is 4.83. The van der Waals surface area contributed by atoms with Crippen LogP contribution in [0.25, 0.3) is 11.5 Å². The van der Waals surface area contributed by atoms with E-state index in [-0.39, 0.29) is 0 Å². The Morgan fingerprint density at radius 2 is 1.90 bits per heavy atom. The third-order valence-corrected chi connectivity index (χ3v) is 6.10. The minimum absolute atomic E-state index is 0.579. The Balaban J connectivity index is 1.24. The van der Waals surface area contributed by atoms with Gasteiger partial charge in [-0.25, -0.2) is 0 Å². The van der Waals surface area contributed by atoms with Gasteiger partial charge in [-0.15, -0.1) is 10.2 Å². The molecule has 3 aromatic rings. The average molecular weight is 456 g/mol. The molecule has 29 heavy (non-hydrogen) atoms. The second-order valence-electron chi connectivity index (χ2n) is 7.62. The van der Waals surface area contributed by atoms with Crippen LogP contribution >= 0.6 is 15.9 Å². The highest BCUT2D eigenvalue weighted by molar-refractivity contribution is 9.10. The summed E-state index contributed by atoms with van der Waals surface area (Å²) < 4.78 is 12.1. The van der Waals surface area contributed by atoms with Crippen LogP contribution in [-0.2, 0) is 13.0 Å². The van der Waals surface area contributed by atoms with Crippen molar-refractivity contribution in [1.82, 2.24) is 15.1 Å². The molecule has 0 unspecified atom stereocenters. The van der Waals surface area contributed by atoms with Crippen LogP contribution in [0.2, 0.25) is 0 Å². The fourth-order valence-corrected chi connectivity index (χ4v) is 4.24. The van der Waals surface area contributed by atoms with E-state index in [9.17, 15) is 0 Å². The molecule has 2 heterocycles. The van der Waals surface area contributed by atoms with E-state index in [0.717, 1.165) is 47.8 Å². The Labute approximate surface area is 180 Å². The van der Waals surface area contributed by atoms with E-state index in [1.165, 1.54) is 24.8 Å². The first-order valence-corrected chi connectivity index (χ1v) is 10.9. The standard InChI is InChI=1S/C23H26BrN3O2/c1-28-21-9-7-17(8-10-21)5-6-18-11-13-27(14-12-18)16-22-25-26-23(29-22)19-3-2-4-20(24)15-19/h2-4,7-10,15,18H,5-6,11-14,16H2,1H3. The summed E-state index contributed by atoms with van der Waals surface area (Å²) in [4.78, 5) is 2.42. The number of hydrogen-bond acceptors (Lipinski definition) is 5. The van der Waals surface area contributed by atoms with Crippen LogP contribution in [0.3, 0.4) is 0 Å². The van der Waals surface area contributed by atoms with Crippen molar-refractivity contribution in [2.75, 3.05) is 20.2 Å². The number of piperidine rings is 1. The first kappa shape index (κ1) is 20.1. The van der Waals surface area contributed by atoms with Crippen molar-refractivity contribution in [2.24, 2.45) is 5.92 Å². The summed E-state index contributed by atoms with van der Waals surface area (Å²) in [6, 6.07) is 16.4. The summed E-state index contributed by atoms with van der Waals surface area (Å²) >= 11 is 3.48.